The lowest BCUT2D eigenvalue weighted by Gasteiger charge is -2.21. The first-order chi connectivity index (χ1) is 5.75. The number of carbonyl (C=O) groups excluding carboxylic acids is 1. The Bertz CT molecular complexity index is 180. The fourth-order valence-corrected chi connectivity index (χ4v) is 1.68. The molecule has 0 saturated heterocycles. The van der Waals surface area contributed by atoms with Gasteiger partial charge in [-0.15, -0.1) is 0 Å². The van der Waals surface area contributed by atoms with E-state index in [9.17, 15) is 4.79 Å². The van der Waals surface area contributed by atoms with Gasteiger partial charge in [0, 0.05) is 5.57 Å². The summed E-state index contributed by atoms with van der Waals surface area (Å²) in [5.41, 5.74) is 0.414. The van der Waals surface area contributed by atoms with Gasteiger partial charge in [0.1, 0.15) is 0 Å². The summed E-state index contributed by atoms with van der Waals surface area (Å²) in [5.74, 6) is -0.458. The quantitative estimate of drug-likeness (QED) is 0.392. The van der Waals surface area contributed by atoms with Gasteiger partial charge in [-0.2, -0.15) is 5.26 Å². The Hall–Kier alpha value is -0.830. The third-order valence-electron chi connectivity index (χ3n) is 2.44. The van der Waals surface area contributed by atoms with E-state index in [-0.39, 0.29) is 5.92 Å². The van der Waals surface area contributed by atoms with Crippen LogP contribution in [-0.2, 0) is 9.68 Å². The first kappa shape index (κ1) is 9.26. The Labute approximate surface area is 72.0 Å². The zero-order chi connectivity index (χ0) is 8.97. The van der Waals surface area contributed by atoms with Gasteiger partial charge in [-0.3, -0.25) is 4.89 Å². The fourth-order valence-electron chi connectivity index (χ4n) is 1.68. The average Bonchev–Trinajstić information content (AvgIpc) is 2.17. The molecule has 0 aliphatic heterocycles. The van der Waals surface area contributed by atoms with Crippen LogP contribution in [0.25, 0.3) is 0 Å². The van der Waals surface area contributed by atoms with Gasteiger partial charge in [-0.1, -0.05) is 25.8 Å². The van der Waals surface area contributed by atoms with Crippen molar-refractivity contribution < 1.29 is 14.9 Å². The van der Waals surface area contributed by atoms with Gasteiger partial charge in [0.25, 0.3) is 0 Å². The van der Waals surface area contributed by atoms with E-state index in [0.717, 1.165) is 25.7 Å². The molecule has 1 aliphatic rings. The summed E-state index contributed by atoms with van der Waals surface area (Å²) in [5, 5.41) is 8.13. The van der Waals surface area contributed by atoms with Gasteiger partial charge >= 0.3 is 5.97 Å². The summed E-state index contributed by atoms with van der Waals surface area (Å²) in [6, 6.07) is 0. The highest BCUT2D eigenvalue weighted by molar-refractivity contribution is 5.87. The van der Waals surface area contributed by atoms with Gasteiger partial charge in [-0.25, -0.2) is 4.79 Å². The van der Waals surface area contributed by atoms with E-state index in [1.54, 1.807) is 0 Å². The minimum atomic E-state index is -0.679. The molecule has 1 aliphatic carbocycles. The lowest BCUT2D eigenvalue weighted by molar-refractivity contribution is -0.230. The van der Waals surface area contributed by atoms with Crippen LogP contribution in [-0.4, -0.2) is 11.2 Å². The lowest BCUT2D eigenvalue weighted by atomic mass is 9.84. The predicted molar refractivity (Wildman–Crippen MR) is 44.4 cm³/mol. The lowest BCUT2D eigenvalue weighted by Crippen LogP contribution is -2.16. The summed E-state index contributed by atoms with van der Waals surface area (Å²) in [7, 11) is 0. The maximum absolute atomic E-state index is 10.8. The van der Waals surface area contributed by atoms with Gasteiger partial charge in [0.05, 0.1) is 0 Å². The molecule has 12 heavy (non-hydrogen) atoms. The standard InChI is InChI=1S/C9H14O3/c1-7(9(10)12-11)8-5-3-2-4-6-8/h8,11H,1-6H2. The molecule has 1 saturated carbocycles. The minimum Gasteiger partial charge on any atom is -0.296 e. The maximum Gasteiger partial charge on any atom is 0.368 e. The van der Waals surface area contributed by atoms with Gasteiger partial charge in [0.2, 0.25) is 0 Å². The third kappa shape index (κ3) is 2.08. The first-order valence-corrected chi connectivity index (χ1v) is 4.30. The number of carbonyl (C=O) groups is 1. The van der Waals surface area contributed by atoms with E-state index in [1.807, 2.05) is 0 Å². The summed E-state index contributed by atoms with van der Waals surface area (Å²) in [6.45, 7) is 3.61. The van der Waals surface area contributed by atoms with E-state index in [1.165, 1.54) is 6.42 Å². The van der Waals surface area contributed by atoms with Crippen LogP contribution in [0.2, 0.25) is 0 Å². The Balaban J connectivity index is 2.45. The Kier molecular flexibility index (Phi) is 3.29. The van der Waals surface area contributed by atoms with E-state index < -0.39 is 5.97 Å². The molecule has 0 amide bonds. The summed E-state index contributed by atoms with van der Waals surface area (Å²) >= 11 is 0. The molecular formula is C9H14O3. The molecule has 0 unspecified atom stereocenters. The molecule has 1 rings (SSSR count). The molecule has 0 bridgehead atoms. The smallest absolute Gasteiger partial charge is 0.296 e. The third-order valence-corrected chi connectivity index (χ3v) is 2.44. The molecule has 3 heteroatoms. The molecule has 0 heterocycles. The van der Waals surface area contributed by atoms with Crippen molar-refractivity contribution in [3.8, 4) is 0 Å². The molecule has 1 fully saturated rings. The van der Waals surface area contributed by atoms with Crippen molar-refractivity contribution in [2.24, 2.45) is 5.92 Å². The summed E-state index contributed by atoms with van der Waals surface area (Å²) in [4.78, 5) is 14.5. The molecule has 68 valence electrons. The van der Waals surface area contributed by atoms with Gasteiger partial charge in [0.15, 0.2) is 0 Å². The van der Waals surface area contributed by atoms with Crippen LogP contribution >= 0.6 is 0 Å². The van der Waals surface area contributed by atoms with Crippen LogP contribution < -0.4 is 0 Å². The van der Waals surface area contributed by atoms with Crippen molar-refractivity contribution in [3.05, 3.63) is 12.2 Å². The van der Waals surface area contributed by atoms with Crippen LogP contribution in [0.3, 0.4) is 0 Å². The second-order valence-corrected chi connectivity index (χ2v) is 3.24. The van der Waals surface area contributed by atoms with E-state index in [0.29, 0.717) is 5.57 Å². The van der Waals surface area contributed by atoms with Crippen LogP contribution in [0.5, 0.6) is 0 Å². The molecule has 0 atom stereocenters. The molecule has 0 spiro atoms. The average molecular weight is 170 g/mol. The zero-order valence-electron chi connectivity index (χ0n) is 7.08. The van der Waals surface area contributed by atoms with Crippen LogP contribution in [0.4, 0.5) is 0 Å². The van der Waals surface area contributed by atoms with Crippen molar-refractivity contribution in [2.45, 2.75) is 32.1 Å². The molecule has 0 aromatic rings. The predicted octanol–water partition coefficient (Wildman–Crippen LogP) is 2.14. The highest BCUT2D eigenvalue weighted by Gasteiger charge is 2.22. The normalized spacial score (nSPS) is 18.8. The molecule has 0 radical (unpaired) electrons. The van der Waals surface area contributed by atoms with Gasteiger partial charge in [-0.05, 0) is 18.8 Å². The van der Waals surface area contributed by atoms with Crippen molar-refractivity contribution in [1.82, 2.24) is 0 Å². The van der Waals surface area contributed by atoms with E-state index in [2.05, 4.69) is 11.5 Å². The van der Waals surface area contributed by atoms with Crippen LogP contribution in [0.15, 0.2) is 12.2 Å². The highest BCUT2D eigenvalue weighted by Crippen LogP contribution is 2.29. The minimum absolute atomic E-state index is 0.221. The van der Waals surface area contributed by atoms with Crippen molar-refractivity contribution in [3.63, 3.8) is 0 Å². The fraction of sp³-hybridized carbons (Fsp3) is 0.667. The van der Waals surface area contributed by atoms with Crippen LogP contribution in [0.1, 0.15) is 32.1 Å². The monoisotopic (exact) mass is 170 g/mol. The second-order valence-electron chi connectivity index (χ2n) is 3.24. The van der Waals surface area contributed by atoms with Crippen molar-refractivity contribution in [2.75, 3.05) is 0 Å². The maximum atomic E-state index is 10.8. The zero-order valence-corrected chi connectivity index (χ0v) is 7.08. The van der Waals surface area contributed by atoms with Crippen molar-refractivity contribution >= 4 is 5.97 Å². The summed E-state index contributed by atoms with van der Waals surface area (Å²) in [6.07, 6.45) is 5.50. The van der Waals surface area contributed by atoms with E-state index in [4.69, 9.17) is 5.26 Å². The highest BCUT2D eigenvalue weighted by atomic mass is 17.1. The number of rotatable bonds is 2. The molecule has 3 nitrogen and oxygen atoms in total. The van der Waals surface area contributed by atoms with E-state index >= 15 is 0 Å². The molecule has 0 aromatic heterocycles. The number of hydrogen-bond donors (Lipinski definition) is 1. The molecule has 0 aromatic carbocycles. The molecule has 1 N–H and O–H groups in total. The topological polar surface area (TPSA) is 46.5 Å². The molecular weight excluding hydrogens is 156 g/mol. The first-order valence-electron chi connectivity index (χ1n) is 4.30. The Morgan fingerprint density at radius 2 is 1.92 bits per heavy atom. The second kappa shape index (κ2) is 4.26. The Morgan fingerprint density at radius 3 is 2.42 bits per heavy atom. The van der Waals surface area contributed by atoms with Crippen LogP contribution in [0, 0.1) is 5.92 Å². The Morgan fingerprint density at radius 1 is 1.33 bits per heavy atom. The number of hydrogen-bond acceptors (Lipinski definition) is 3. The largest absolute Gasteiger partial charge is 0.368 e. The van der Waals surface area contributed by atoms with Crippen molar-refractivity contribution in [1.29, 1.82) is 0 Å². The SMILES string of the molecule is C=C(C(=O)OO)C1CCCCC1. The summed E-state index contributed by atoms with van der Waals surface area (Å²) < 4.78 is 0. The van der Waals surface area contributed by atoms with Gasteiger partial charge < -0.3 is 0 Å².